The molecule has 22 heavy (non-hydrogen) atoms. The number of hydrogen-bond acceptors (Lipinski definition) is 4. The molecule has 0 unspecified atom stereocenters. The van der Waals surface area contributed by atoms with Crippen molar-refractivity contribution in [2.75, 3.05) is 0 Å². The molecule has 1 aliphatic rings. The maximum absolute atomic E-state index is 12.0. The van der Waals surface area contributed by atoms with E-state index in [4.69, 9.17) is 16.3 Å². The average Bonchev–Trinajstić information content (AvgIpc) is 2.40. The first-order valence-corrected chi connectivity index (χ1v) is 7.75. The summed E-state index contributed by atoms with van der Waals surface area (Å²) in [6.07, 6.45) is 2.67. The van der Waals surface area contributed by atoms with Gasteiger partial charge in [0, 0.05) is 31.0 Å². The monoisotopic (exact) mass is 324 g/mol. The predicted molar refractivity (Wildman–Crippen MR) is 84.0 cm³/mol. The highest BCUT2D eigenvalue weighted by molar-refractivity contribution is 6.29. The second kappa shape index (κ2) is 6.65. The summed E-state index contributed by atoms with van der Waals surface area (Å²) >= 11 is 5.80. The molecule has 0 aliphatic heterocycles. The maximum Gasteiger partial charge on any atom is 0.407 e. The lowest BCUT2D eigenvalue weighted by atomic mass is 9.80. The molecule has 2 atom stereocenters. The third-order valence-corrected chi connectivity index (χ3v) is 3.77. The van der Waals surface area contributed by atoms with Gasteiger partial charge in [0.15, 0.2) is 0 Å². The van der Waals surface area contributed by atoms with Crippen molar-refractivity contribution in [3.05, 3.63) is 29.0 Å². The predicted octanol–water partition coefficient (Wildman–Crippen LogP) is 3.46. The number of hydrogen-bond donors (Lipinski definition) is 1. The van der Waals surface area contributed by atoms with Crippen LogP contribution >= 0.6 is 11.6 Å². The molecule has 1 N–H and O–H groups in total. The molecule has 0 spiro atoms. The number of rotatable bonds is 2. The molecule has 1 amide bonds. The summed E-state index contributed by atoms with van der Waals surface area (Å²) in [5.41, 5.74) is 0.352. The molecule has 5 nitrogen and oxygen atoms in total. The molecule has 120 valence electrons. The van der Waals surface area contributed by atoms with E-state index in [1.807, 2.05) is 26.8 Å². The fraction of sp³-hybridized carbons (Fsp3) is 0.562. The fourth-order valence-electron chi connectivity index (χ4n) is 2.60. The van der Waals surface area contributed by atoms with Gasteiger partial charge in [0.25, 0.3) is 0 Å². The highest BCUT2D eigenvalue weighted by Gasteiger charge is 2.32. The number of carbonyl (C=O) groups is 2. The number of aromatic nitrogens is 1. The lowest BCUT2D eigenvalue weighted by molar-refractivity contribution is -0.121. The quantitative estimate of drug-likeness (QED) is 0.846. The fourth-order valence-corrected chi connectivity index (χ4v) is 2.71. The number of Topliss-reactive ketones (excluding diaryl/α,β-unsaturated/α-hetero) is 1. The first kappa shape index (κ1) is 16.7. The Hall–Kier alpha value is -1.62. The number of halogens is 1. The van der Waals surface area contributed by atoms with Crippen LogP contribution in [0.2, 0.25) is 5.15 Å². The van der Waals surface area contributed by atoms with Crippen LogP contribution in [0.1, 0.15) is 51.5 Å². The van der Waals surface area contributed by atoms with Gasteiger partial charge >= 0.3 is 6.09 Å². The summed E-state index contributed by atoms with van der Waals surface area (Å²) in [7, 11) is 0. The number of nitrogens with zero attached hydrogens (tertiary/aromatic N) is 1. The Labute approximate surface area is 135 Å². The van der Waals surface area contributed by atoms with Crippen molar-refractivity contribution in [2.24, 2.45) is 0 Å². The Kier molecular flexibility index (Phi) is 5.06. The van der Waals surface area contributed by atoms with Crippen LogP contribution in [0.4, 0.5) is 4.79 Å². The Morgan fingerprint density at radius 3 is 2.73 bits per heavy atom. The van der Waals surface area contributed by atoms with E-state index in [0.717, 1.165) is 5.56 Å². The first-order valence-electron chi connectivity index (χ1n) is 7.37. The van der Waals surface area contributed by atoms with Crippen molar-refractivity contribution in [3.8, 4) is 0 Å². The summed E-state index contributed by atoms with van der Waals surface area (Å²) < 4.78 is 5.30. The number of ether oxygens (including phenoxy) is 1. The molecule has 1 heterocycles. The number of amides is 1. The van der Waals surface area contributed by atoms with Crippen LogP contribution in [0.3, 0.4) is 0 Å². The molecule has 1 fully saturated rings. The zero-order chi connectivity index (χ0) is 16.3. The minimum Gasteiger partial charge on any atom is -0.444 e. The molecule has 1 aromatic rings. The average molecular weight is 325 g/mol. The van der Waals surface area contributed by atoms with E-state index in [1.165, 1.54) is 0 Å². The van der Waals surface area contributed by atoms with Crippen molar-refractivity contribution in [1.29, 1.82) is 0 Å². The van der Waals surface area contributed by atoms with Crippen LogP contribution in [0.15, 0.2) is 18.3 Å². The van der Waals surface area contributed by atoms with Gasteiger partial charge in [-0.15, -0.1) is 0 Å². The normalized spacial score (nSPS) is 22.3. The Morgan fingerprint density at radius 1 is 1.41 bits per heavy atom. The van der Waals surface area contributed by atoms with Crippen LogP contribution in [0.25, 0.3) is 0 Å². The SMILES string of the molecule is CC(C)(C)OC(=O)N[C@@H]1CCC(=O)C[C@@H]1c1ccc(Cl)nc1. The number of pyridine rings is 1. The van der Waals surface area contributed by atoms with Crippen molar-refractivity contribution >= 4 is 23.5 Å². The van der Waals surface area contributed by atoms with Gasteiger partial charge in [-0.25, -0.2) is 9.78 Å². The summed E-state index contributed by atoms with van der Waals surface area (Å²) in [4.78, 5) is 27.8. The highest BCUT2D eigenvalue weighted by atomic mass is 35.5. The molecule has 2 rings (SSSR count). The van der Waals surface area contributed by atoms with E-state index < -0.39 is 11.7 Å². The molecule has 1 aromatic heterocycles. The Morgan fingerprint density at radius 2 is 2.14 bits per heavy atom. The van der Waals surface area contributed by atoms with Crippen molar-refractivity contribution in [2.45, 2.75) is 57.6 Å². The second-order valence-electron chi connectivity index (χ2n) is 6.55. The third-order valence-electron chi connectivity index (χ3n) is 3.55. The van der Waals surface area contributed by atoms with Crippen LogP contribution in [-0.2, 0) is 9.53 Å². The molecular formula is C16H21ClN2O3. The molecule has 0 bridgehead atoms. The maximum atomic E-state index is 12.0. The third kappa shape index (κ3) is 4.70. The van der Waals surface area contributed by atoms with Crippen LogP contribution in [-0.4, -0.2) is 28.5 Å². The van der Waals surface area contributed by atoms with E-state index in [9.17, 15) is 9.59 Å². The van der Waals surface area contributed by atoms with E-state index in [0.29, 0.717) is 24.4 Å². The van der Waals surface area contributed by atoms with Gasteiger partial charge < -0.3 is 10.1 Å². The molecule has 1 saturated carbocycles. The zero-order valence-corrected chi connectivity index (χ0v) is 13.8. The number of nitrogens with one attached hydrogen (secondary N) is 1. The van der Waals surface area contributed by atoms with E-state index in [2.05, 4.69) is 10.3 Å². The van der Waals surface area contributed by atoms with E-state index >= 15 is 0 Å². The Bertz CT molecular complexity index is 552. The zero-order valence-electron chi connectivity index (χ0n) is 13.1. The van der Waals surface area contributed by atoms with Gasteiger partial charge in [0.1, 0.15) is 16.5 Å². The van der Waals surface area contributed by atoms with Gasteiger partial charge in [0.05, 0.1) is 0 Å². The lowest BCUT2D eigenvalue weighted by Gasteiger charge is -2.32. The summed E-state index contributed by atoms with van der Waals surface area (Å²) in [6, 6.07) is 3.40. The minimum atomic E-state index is -0.550. The van der Waals surface area contributed by atoms with Gasteiger partial charge in [-0.1, -0.05) is 17.7 Å². The molecule has 1 aliphatic carbocycles. The van der Waals surface area contributed by atoms with Crippen LogP contribution in [0.5, 0.6) is 0 Å². The van der Waals surface area contributed by atoms with Gasteiger partial charge in [-0.2, -0.15) is 0 Å². The minimum absolute atomic E-state index is 0.0986. The van der Waals surface area contributed by atoms with Crippen molar-refractivity contribution < 1.29 is 14.3 Å². The van der Waals surface area contributed by atoms with E-state index in [-0.39, 0.29) is 17.7 Å². The molecular weight excluding hydrogens is 304 g/mol. The standard InChI is InChI=1S/C16H21ClN2O3/c1-16(2,3)22-15(21)19-13-6-5-11(20)8-12(13)10-4-7-14(17)18-9-10/h4,7,9,12-13H,5-6,8H2,1-3H3,(H,19,21)/t12-,13-/m1/s1. The van der Waals surface area contributed by atoms with Gasteiger partial charge in [-0.3, -0.25) is 4.79 Å². The molecule has 6 heteroatoms. The summed E-state index contributed by atoms with van der Waals surface area (Å²) in [5, 5.41) is 3.29. The van der Waals surface area contributed by atoms with Crippen molar-refractivity contribution in [3.63, 3.8) is 0 Å². The first-order chi connectivity index (χ1) is 10.2. The highest BCUT2D eigenvalue weighted by Crippen LogP contribution is 2.31. The topological polar surface area (TPSA) is 68.3 Å². The van der Waals surface area contributed by atoms with Gasteiger partial charge in [0.2, 0.25) is 0 Å². The molecule has 0 aromatic carbocycles. The van der Waals surface area contributed by atoms with Gasteiger partial charge in [-0.05, 0) is 38.8 Å². The van der Waals surface area contributed by atoms with Crippen LogP contribution in [0, 0.1) is 0 Å². The number of ketones is 1. The summed E-state index contributed by atoms with van der Waals surface area (Å²) in [6.45, 7) is 5.45. The largest absolute Gasteiger partial charge is 0.444 e. The molecule has 0 saturated heterocycles. The number of alkyl carbamates (subject to hydrolysis) is 1. The smallest absolute Gasteiger partial charge is 0.407 e. The van der Waals surface area contributed by atoms with E-state index in [1.54, 1.807) is 12.3 Å². The summed E-state index contributed by atoms with van der Waals surface area (Å²) in [5.74, 6) is 0.0979. The lowest BCUT2D eigenvalue weighted by Crippen LogP contribution is -2.44. The molecule has 0 radical (unpaired) electrons. The van der Waals surface area contributed by atoms with Crippen LogP contribution < -0.4 is 5.32 Å². The number of carbonyl (C=O) groups excluding carboxylic acids is 2. The Balaban J connectivity index is 2.11. The second-order valence-corrected chi connectivity index (χ2v) is 6.94. The van der Waals surface area contributed by atoms with Crippen molar-refractivity contribution in [1.82, 2.24) is 10.3 Å².